The minimum absolute atomic E-state index is 0.00434. The summed E-state index contributed by atoms with van der Waals surface area (Å²) in [4.78, 5) is 26.2. The molecule has 0 unspecified atom stereocenters. The highest BCUT2D eigenvalue weighted by Crippen LogP contribution is 2.35. The average molecular weight is 277 g/mol. The number of amides is 2. The van der Waals surface area contributed by atoms with Crippen molar-refractivity contribution < 1.29 is 9.59 Å². The van der Waals surface area contributed by atoms with Gasteiger partial charge in [0, 0.05) is 32.5 Å². The van der Waals surface area contributed by atoms with Crippen molar-refractivity contribution in [2.24, 2.45) is 11.0 Å². The minimum Gasteiger partial charge on any atom is -0.334 e. The molecule has 0 aromatic carbocycles. The van der Waals surface area contributed by atoms with Crippen molar-refractivity contribution in [2.45, 2.75) is 57.4 Å². The molecule has 0 radical (unpaired) electrons. The molecule has 5 nitrogen and oxygen atoms in total. The molecular formula is C15H23N3O2. The van der Waals surface area contributed by atoms with Crippen molar-refractivity contribution in [2.75, 3.05) is 13.6 Å². The van der Waals surface area contributed by atoms with Crippen LogP contribution in [0.15, 0.2) is 5.10 Å². The summed E-state index contributed by atoms with van der Waals surface area (Å²) >= 11 is 0. The highest BCUT2D eigenvalue weighted by molar-refractivity contribution is 6.39. The van der Waals surface area contributed by atoms with Crippen LogP contribution in [0.4, 0.5) is 0 Å². The summed E-state index contributed by atoms with van der Waals surface area (Å²) in [5.74, 6) is 0.749. The first kappa shape index (κ1) is 13.6. The SMILES string of the molecule is CN1N=C(C(=O)N2CCC[C@H]2C2CCCC2)CCC1=O. The number of likely N-dealkylation sites (tertiary alicyclic amines) is 1. The highest BCUT2D eigenvalue weighted by Gasteiger charge is 2.38. The van der Waals surface area contributed by atoms with Crippen LogP contribution in [0, 0.1) is 5.92 Å². The third-order valence-corrected chi connectivity index (χ3v) is 4.96. The quantitative estimate of drug-likeness (QED) is 0.772. The van der Waals surface area contributed by atoms with Crippen LogP contribution in [-0.2, 0) is 9.59 Å². The number of carbonyl (C=O) groups is 2. The molecule has 2 heterocycles. The van der Waals surface area contributed by atoms with Crippen molar-refractivity contribution in [1.82, 2.24) is 9.91 Å². The van der Waals surface area contributed by atoms with E-state index in [9.17, 15) is 9.59 Å². The zero-order chi connectivity index (χ0) is 14.1. The summed E-state index contributed by atoms with van der Waals surface area (Å²) in [7, 11) is 1.63. The van der Waals surface area contributed by atoms with E-state index in [4.69, 9.17) is 0 Å². The van der Waals surface area contributed by atoms with E-state index in [1.807, 2.05) is 4.90 Å². The zero-order valence-electron chi connectivity index (χ0n) is 12.2. The summed E-state index contributed by atoms with van der Waals surface area (Å²) in [6.45, 7) is 0.858. The van der Waals surface area contributed by atoms with Crippen LogP contribution < -0.4 is 0 Å². The number of hydrogen-bond donors (Lipinski definition) is 0. The molecule has 2 amide bonds. The van der Waals surface area contributed by atoms with Crippen molar-refractivity contribution in [3.05, 3.63) is 0 Å². The predicted octanol–water partition coefficient (Wildman–Crippen LogP) is 1.78. The first-order chi connectivity index (χ1) is 9.66. The first-order valence-electron chi connectivity index (χ1n) is 7.82. The molecule has 1 saturated heterocycles. The normalized spacial score (nSPS) is 28.1. The van der Waals surface area contributed by atoms with Gasteiger partial charge in [-0.25, -0.2) is 5.01 Å². The fourth-order valence-corrected chi connectivity index (χ4v) is 3.87. The molecule has 5 heteroatoms. The summed E-state index contributed by atoms with van der Waals surface area (Å²) < 4.78 is 0. The van der Waals surface area contributed by atoms with Gasteiger partial charge in [0.2, 0.25) is 5.91 Å². The summed E-state index contributed by atoms with van der Waals surface area (Å²) in [5, 5.41) is 5.49. The smallest absolute Gasteiger partial charge is 0.270 e. The van der Waals surface area contributed by atoms with E-state index in [1.165, 1.54) is 30.7 Å². The lowest BCUT2D eigenvalue weighted by molar-refractivity contribution is -0.131. The van der Waals surface area contributed by atoms with Crippen molar-refractivity contribution >= 4 is 17.5 Å². The molecule has 110 valence electrons. The van der Waals surface area contributed by atoms with Gasteiger partial charge in [0.15, 0.2) is 0 Å². The lowest BCUT2D eigenvalue weighted by atomic mass is 9.95. The molecule has 1 aliphatic carbocycles. The monoisotopic (exact) mass is 277 g/mol. The van der Waals surface area contributed by atoms with E-state index in [-0.39, 0.29) is 11.8 Å². The van der Waals surface area contributed by atoms with Crippen molar-refractivity contribution in [3.63, 3.8) is 0 Å². The fraction of sp³-hybridized carbons (Fsp3) is 0.800. The predicted molar refractivity (Wildman–Crippen MR) is 76.1 cm³/mol. The number of carbonyl (C=O) groups excluding carboxylic acids is 2. The Hall–Kier alpha value is -1.39. The molecule has 0 spiro atoms. The van der Waals surface area contributed by atoms with E-state index in [0.717, 1.165) is 19.4 Å². The highest BCUT2D eigenvalue weighted by atomic mass is 16.2. The van der Waals surface area contributed by atoms with Crippen LogP contribution in [-0.4, -0.2) is 47.1 Å². The second kappa shape index (κ2) is 5.54. The van der Waals surface area contributed by atoms with Crippen LogP contribution in [0.5, 0.6) is 0 Å². The lowest BCUT2D eigenvalue weighted by Gasteiger charge is -2.31. The lowest BCUT2D eigenvalue weighted by Crippen LogP contribution is -2.45. The van der Waals surface area contributed by atoms with Crippen LogP contribution in [0.1, 0.15) is 51.4 Å². The molecule has 3 aliphatic rings. The minimum atomic E-state index is -0.00434. The molecule has 0 bridgehead atoms. The molecule has 20 heavy (non-hydrogen) atoms. The van der Waals surface area contributed by atoms with Gasteiger partial charge >= 0.3 is 0 Å². The van der Waals surface area contributed by atoms with Gasteiger partial charge in [0.1, 0.15) is 5.71 Å². The van der Waals surface area contributed by atoms with Crippen LogP contribution in [0.25, 0.3) is 0 Å². The Kier molecular flexibility index (Phi) is 3.76. The summed E-state index contributed by atoms with van der Waals surface area (Å²) in [5.41, 5.74) is 0.567. The van der Waals surface area contributed by atoms with Gasteiger partial charge in [-0.2, -0.15) is 5.10 Å². The van der Waals surface area contributed by atoms with Crippen LogP contribution in [0.2, 0.25) is 0 Å². The number of hydrogen-bond acceptors (Lipinski definition) is 3. The van der Waals surface area contributed by atoms with Crippen LogP contribution in [0.3, 0.4) is 0 Å². The third kappa shape index (κ3) is 2.45. The first-order valence-corrected chi connectivity index (χ1v) is 7.82. The van der Waals surface area contributed by atoms with Gasteiger partial charge in [0.25, 0.3) is 5.91 Å². The van der Waals surface area contributed by atoms with Gasteiger partial charge < -0.3 is 4.90 Å². The largest absolute Gasteiger partial charge is 0.334 e. The standard InChI is InChI=1S/C15H23N3O2/c1-17-14(19)9-8-12(16-17)15(20)18-10-4-7-13(18)11-5-2-3-6-11/h11,13H,2-10H2,1H3/t13-/m0/s1. The molecule has 0 aromatic rings. The molecule has 0 aromatic heterocycles. The second-order valence-electron chi connectivity index (χ2n) is 6.22. The number of nitrogens with zero attached hydrogens (tertiary/aromatic N) is 3. The van der Waals surface area contributed by atoms with E-state index in [2.05, 4.69) is 5.10 Å². The van der Waals surface area contributed by atoms with E-state index < -0.39 is 0 Å². The Morgan fingerprint density at radius 3 is 2.60 bits per heavy atom. The maximum atomic E-state index is 12.7. The van der Waals surface area contributed by atoms with Gasteiger partial charge in [-0.1, -0.05) is 12.8 Å². The van der Waals surface area contributed by atoms with Gasteiger partial charge in [-0.15, -0.1) is 0 Å². The van der Waals surface area contributed by atoms with Gasteiger partial charge in [-0.3, -0.25) is 9.59 Å². The molecule has 2 aliphatic heterocycles. The van der Waals surface area contributed by atoms with E-state index in [1.54, 1.807) is 7.05 Å². The van der Waals surface area contributed by atoms with Gasteiger partial charge in [-0.05, 0) is 31.6 Å². The Morgan fingerprint density at radius 2 is 1.90 bits per heavy atom. The summed E-state index contributed by atoms with van der Waals surface area (Å²) in [6, 6.07) is 0.413. The summed E-state index contributed by atoms with van der Waals surface area (Å²) in [6.07, 6.45) is 8.29. The average Bonchev–Trinajstić information content (AvgIpc) is 3.10. The Bertz CT molecular complexity index is 440. The van der Waals surface area contributed by atoms with E-state index in [0.29, 0.717) is 30.5 Å². The van der Waals surface area contributed by atoms with Gasteiger partial charge in [0.05, 0.1) is 0 Å². The Balaban J connectivity index is 1.72. The maximum absolute atomic E-state index is 12.7. The second-order valence-corrected chi connectivity index (χ2v) is 6.22. The Labute approximate surface area is 120 Å². The molecule has 0 N–H and O–H groups in total. The topological polar surface area (TPSA) is 53.0 Å². The van der Waals surface area contributed by atoms with E-state index >= 15 is 0 Å². The molecule has 3 rings (SSSR count). The zero-order valence-corrected chi connectivity index (χ0v) is 12.2. The molecule has 1 saturated carbocycles. The van der Waals surface area contributed by atoms with Crippen molar-refractivity contribution in [3.8, 4) is 0 Å². The molecular weight excluding hydrogens is 254 g/mol. The number of hydrazone groups is 1. The molecule has 2 fully saturated rings. The Morgan fingerprint density at radius 1 is 1.15 bits per heavy atom. The molecule has 1 atom stereocenters. The third-order valence-electron chi connectivity index (χ3n) is 4.96. The fourth-order valence-electron chi connectivity index (χ4n) is 3.87. The number of rotatable bonds is 2. The van der Waals surface area contributed by atoms with Crippen molar-refractivity contribution in [1.29, 1.82) is 0 Å². The maximum Gasteiger partial charge on any atom is 0.270 e. The van der Waals surface area contributed by atoms with Crippen LogP contribution >= 0.6 is 0 Å².